The van der Waals surface area contributed by atoms with Crippen molar-refractivity contribution in [3.63, 3.8) is 0 Å². The minimum absolute atomic E-state index is 0.104. The molecule has 1 aromatic rings. The number of carbonyl (C=O) groups excluding carboxylic acids is 2. The number of imide groups is 1. The van der Waals surface area contributed by atoms with Gasteiger partial charge in [0, 0.05) is 26.2 Å². The van der Waals surface area contributed by atoms with Crippen molar-refractivity contribution in [2.24, 2.45) is 11.8 Å². The van der Waals surface area contributed by atoms with Crippen LogP contribution in [0.1, 0.15) is 44.2 Å². The maximum Gasteiger partial charge on any atom is 0.326 e. The van der Waals surface area contributed by atoms with Gasteiger partial charge >= 0.3 is 6.03 Å². The Morgan fingerprint density at radius 1 is 1.03 bits per heavy atom. The molecule has 1 spiro atoms. The first-order valence-electron chi connectivity index (χ1n) is 11.5. The zero-order chi connectivity index (χ0) is 23.3. The first kappa shape index (κ1) is 23.2. The lowest BCUT2D eigenvalue weighted by molar-refractivity contribution is -0.138. The summed E-state index contributed by atoms with van der Waals surface area (Å²) in [6.07, 6.45) is 2.93. The largest absolute Gasteiger partial charge is 0.326 e. The van der Waals surface area contributed by atoms with Crippen molar-refractivity contribution in [1.29, 1.82) is 0 Å². The standard InChI is InChI=1S/C23H34N4O4S/c1-16-8-9-17(2)20(14-16)32(30,31)26-12-10-25(11-13-26)15-27-21(28)23(24-22(27)29)18(3)6-5-7-19(23)4/h8-9,14,18-19H,5-7,10-13,15H2,1-4H3,(H,24,29). The van der Waals surface area contributed by atoms with Crippen LogP contribution in [0, 0.1) is 25.7 Å². The number of piperazine rings is 1. The second-order valence-corrected chi connectivity index (χ2v) is 11.6. The van der Waals surface area contributed by atoms with Crippen molar-refractivity contribution in [3.8, 4) is 0 Å². The van der Waals surface area contributed by atoms with Crippen LogP contribution in [-0.2, 0) is 14.8 Å². The number of hydrogen-bond donors (Lipinski definition) is 1. The Hall–Kier alpha value is -1.97. The second kappa shape index (κ2) is 8.43. The third-order valence-electron chi connectivity index (χ3n) is 7.62. The summed E-state index contributed by atoms with van der Waals surface area (Å²) in [5, 5.41) is 3.03. The van der Waals surface area contributed by atoms with E-state index in [1.807, 2.05) is 44.7 Å². The summed E-state index contributed by atoms with van der Waals surface area (Å²) in [7, 11) is -3.58. The number of nitrogens with zero attached hydrogens (tertiary/aromatic N) is 3. The van der Waals surface area contributed by atoms with Crippen LogP contribution in [0.2, 0.25) is 0 Å². The van der Waals surface area contributed by atoms with Gasteiger partial charge in [-0.2, -0.15) is 4.31 Å². The van der Waals surface area contributed by atoms with Gasteiger partial charge in [0.1, 0.15) is 5.54 Å². The van der Waals surface area contributed by atoms with Gasteiger partial charge in [0.25, 0.3) is 5.91 Å². The number of rotatable bonds is 4. The average Bonchev–Trinajstić information content (AvgIpc) is 3.00. The number of hydrogen-bond acceptors (Lipinski definition) is 5. The molecule has 2 unspecified atom stereocenters. The molecule has 2 atom stereocenters. The van der Waals surface area contributed by atoms with Crippen molar-refractivity contribution in [2.75, 3.05) is 32.8 Å². The molecule has 1 N–H and O–H groups in total. The van der Waals surface area contributed by atoms with E-state index in [0.29, 0.717) is 31.1 Å². The second-order valence-electron chi connectivity index (χ2n) is 9.70. The van der Waals surface area contributed by atoms with Gasteiger partial charge in [-0.05, 0) is 55.7 Å². The van der Waals surface area contributed by atoms with Gasteiger partial charge in [-0.15, -0.1) is 0 Å². The Kier molecular flexibility index (Phi) is 6.11. The molecule has 0 radical (unpaired) electrons. The maximum atomic E-state index is 13.4. The third kappa shape index (κ3) is 3.74. The molecule has 1 aliphatic carbocycles. The van der Waals surface area contributed by atoms with E-state index in [9.17, 15) is 18.0 Å². The van der Waals surface area contributed by atoms with E-state index < -0.39 is 15.6 Å². The molecule has 0 bridgehead atoms. The Labute approximate surface area is 191 Å². The molecule has 4 rings (SSSR count). The molecule has 3 fully saturated rings. The third-order valence-corrected chi connectivity index (χ3v) is 9.66. The van der Waals surface area contributed by atoms with E-state index in [4.69, 9.17) is 0 Å². The predicted octanol–water partition coefficient (Wildman–Crippen LogP) is 2.31. The van der Waals surface area contributed by atoms with E-state index in [0.717, 1.165) is 30.4 Å². The molecule has 2 saturated heterocycles. The van der Waals surface area contributed by atoms with Crippen LogP contribution < -0.4 is 5.32 Å². The fraction of sp³-hybridized carbons (Fsp3) is 0.652. The number of carbonyl (C=O) groups is 2. The molecule has 32 heavy (non-hydrogen) atoms. The highest BCUT2D eigenvalue weighted by Gasteiger charge is 2.58. The minimum atomic E-state index is -3.58. The first-order valence-corrected chi connectivity index (χ1v) is 12.9. The summed E-state index contributed by atoms with van der Waals surface area (Å²) in [4.78, 5) is 29.8. The fourth-order valence-corrected chi connectivity index (χ4v) is 7.25. The highest BCUT2D eigenvalue weighted by molar-refractivity contribution is 7.89. The quantitative estimate of drug-likeness (QED) is 0.694. The molecule has 2 heterocycles. The summed E-state index contributed by atoms with van der Waals surface area (Å²) < 4.78 is 27.8. The van der Waals surface area contributed by atoms with E-state index in [2.05, 4.69) is 5.32 Å². The van der Waals surface area contributed by atoms with Gasteiger partial charge in [0.15, 0.2) is 0 Å². The van der Waals surface area contributed by atoms with Crippen LogP contribution in [0.25, 0.3) is 0 Å². The monoisotopic (exact) mass is 462 g/mol. The van der Waals surface area contributed by atoms with Crippen LogP contribution in [0.15, 0.2) is 23.1 Å². The summed E-state index contributed by atoms with van der Waals surface area (Å²) in [5.74, 6) is 0.0761. The molecular formula is C23H34N4O4S. The fourth-order valence-electron chi connectivity index (χ4n) is 5.52. The summed E-state index contributed by atoms with van der Waals surface area (Å²) in [6, 6.07) is 5.13. The maximum absolute atomic E-state index is 13.4. The molecule has 2 aliphatic heterocycles. The van der Waals surface area contributed by atoms with Gasteiger partial charge < -0.3 is 5.32 Å². The highest BCUT2D eigenvalue weighted by Crippen LogP contribution is 2.42. The van der Waals surface area contributed by atoms with Crippen LogP contribution in [0.3, 0.4) is 0 Å². The molecular weight excluding hydrogens is 428 g/mol. The number of benzene rings is 1. The van der Waals surface area contributed by atoms with Crippen molar-refractivity contribution >= 4 is 22.0 Å². The summed E-state index contributed by atoms with van der Waals surface area (Å²) in [5.41, 5.74) is 0.841. The van der Waals surface area contributed by atoms with E-state index in [-0.39, 0.29) is 30.4 Å². The average molecular weight is 463 g/mol. The topological polar surface area (TPSA) is 90.0 Å². The van der Waals surface area contributed by atoms with E-state index in [1.165, 1.54) is 9.21 Å². The van der Waals surface area contributed by atoms with Gasteiger partial charge in [-0.25, -0.2) is 18.1 Å². The van der Waals surface area contributed by atoms with Gasteiger partial charge in [-0.1, -0.05) is 32.4 Å². The van der Waals surface area contributed by atoms with E-state index >= 15 is 0 Å². The number of sulfonamides is 1. The Morgan fingerprint density at radius 3 is 2.28 bits per heavy atom. The normalized spacial score (nSPS) is 30.2. The highest BCUT2D eigenvalue weighted by atomic mass is 32.2. The minimum Gasteiger partial charge on any atom is -0.323 e. The lowest BCUT2D eigenvalue weighted by Crippen LogP contribution is -2.59. The molecule has 176 valence electrons. The molecule has 1 aromatic carbocycles. The predicted molar refractivity (Wildman–Crippen MR) is 121 cm³/mol. The molecule has 3 amide bonds. The molecule has 1 saturated carbocycles. The van der Waals surface area contributed by atoms with Crippen LogP contribution in [0.5, 0.6) is 0 Å². The Balaban J connectivity index is 1.43. The summed E-state index contributed by atoms with van der Waals surface area (Å²) >= 11 is 0. The van der Waals surface area contributed by atoms with E-state index in [1.54, 1.807) is 6.07 Å². The number of nitrogens with one attached hydrogen (secondary N) is 1. The number of amides is 3. The van der Waals surface area contributed by atoms with Crippen molar-refractivity contribution < 1.29 is 18.0 Å². The number of aryl methyl sites for hydroxylation is 2. The van der Waals surface area contributed by atoms with Gasteiger partial charge in [-0.3, -0.25) is 9.69 Å². The Bertz CT molecular complexity index is 1010. The summed E-state index contributed by atoms with van der Waals surface area (Å²) in [6.45, 7) is 9.59. The molecule has 3 aliphatic rings. The molecule has 8 nitrogen and oxygen atoms in total. The van der Waals surface area contributed by atoms with Crippen molar-refractivity contribution in [3.05, 3.63) is 29.3 Å². The first-order chi connectivity index (χ1) is 15.1. The zero-order valence-electron chi connectivity index (χ0n) is 19.4. The van der Waals surface area contributed by atoms with Gasteiger partial charge in [0.05, 0.1) is 11.6 Å². The Morgan fingerprint density at radius 2 is 1.66 bits per heavy atom. The zero-order valence-corrected chi connectivity index (χ0v) is 20.2. The molecule has 0 aromatic heterocycles. The molecule has 9 heteroatoms. The smallest absolute Gasteiger partial charge is 0.323 e. The van der Waals surface area contributed by atoms with Crippen LogP contribution in [-0.4, -0.2) is 72.8 Å². The lowest BCUT2D eigenvalue weighted by atomic mass is 9.67. The van der Waals surface area contributed by atoms with Crippen LogP contribution in [0.4, 0.5) is 4.79 Å². The van der Waals surface area contributed by atoms with Crippen molar-refractivity contribution in [2.45, 2.75) is 57.4 Å². The van der Waals surface area contributed by atoms with Crippen molar-refractivity contribution in [1.82, 2.24) is 19.4 Å². The van der Waals surface area contributed by atoms with Crippen LogP contribution >= 0.6 is 0 Å². The number of urea groups is 1. The SMILES string of the molecule is Cc1ccc(C)c(S(=O)(=O)N2CCN(CN3C(=O)NC4(C3=O)C(C)CCCC4C)CC2)c1. The van der Waals surface area contributed by atoms with Gasteiger partial charge in [0.2, 0.25) is 10.0 Å². The lowest BCUT2D eigenvalue weighted by Gasteiger charge is -2.42.